The Balaban J connectivity index is 1.70. The molecule has 0 saturated carbocycles. The van der Waals surface area contributed by atoms with E-state index in [1.807, 2.05) is 37.3 Å². The van der Waals surface area contributed by atoms with Gasteiger partial charge < -0.3 is 19.5 Å². The molecule has 0 aromatic heterocycles. The van der Waals surface area contributed by atoms with E-state index >= 15 is 0 Å². The monoisotopic (exact) mass is 436 g/mol. The molecule has 2 aliphatic heterocycles. The maximum Gasteiger partial charge on any atom is 0.295 e. The third-order valence-electron chi connectivity index (χ3n) is 5.85. The molecular weight excluding hydrogens is 408 g/mol. The van der Waals surface area contributed by atoms with Gasteiger partial charge in [-0.3, -0.25) is 14.5 Å². The number of aliphatic hydroxyl groups is 1. The molecule has 0 radical (unpaired) electrons. The minimum absolute atomic E-state index is 0.118. The molecule has 2 heterocycles. The highest BCUT2D eigenvalue weighted by atomic mass is 16.5. The Kier molecular flexibility index (Phi) is 6.87. The van der Waals surface area contributed by atoms with Crippen LogP contribution in [0.15, 0.2) is 60.2 Å². The van der Waals surface area contributed by atoms with Crippen molar-refractivity contribution < 1.29 is 24.2 Å². The topological polar surface area (TPSA) is 79.3 Å². The Morgan fingerprint density at radius 1 is 1.03 bits per heavy atom. The molecule has 2 saturated heterocycles. The lowest BCUT2D eigenvalue weighted by molar-refractivity contribution is -0.140. The molecule has 168 valence electrons. The molecule has 1 atom stereocenters. The van der Waals surface area contributed by atoms with Crippen LogP contribution in [0, 0.1) is 0 Å². The van der Waals surface area contributed by atoms with E-state index < -0.39 is 17.7 Å². The van der Waals surface area contributed by atoms with E-state index in [1.54, 1.807) is 29.2 Å². The van der Waals surface area contributed by atoms with E-state index in [4.69, 9.17) is 9.47 Å². The van der Waals surface area contributed by atoms with Gasteiger partial charge in [-0.15, -0.1) is 0 Å². The van der Waals surface area contributed by atoms with E-state index in [9.17, 15) is 14.7 Å². The fourth-order valence-corrected chi connectivity index (χ4v) is 4.20. The summed E-state index contributed by atoms with van der Waals surface area (Å²) in [5.41, 5.74) is 1.38. The number of amides is 1. The van der Waals surface area contributed by atoms with Crippen LogP contribution in [-0.4, -0.2) is 72.6 Å². The smallest absolute Gasteiger partial charge is 0.295 e. The van der Waals surface area contributed by atoms with Gasteiger partial charge in [-0.05, 0) is 24.6 Å². The first-order chi connectivity index (χ1) is 15.6. The summed E-state index contributed by atoms with van der Waals surface area (Å²) in [6.45, 7) is 6.39. The van der Waals surface area contributed by atoms with Crippen LogP contribution < -0.4 is 4.74 Å². The van der Waals surface area contributed by atoms with Crippen LogP contribution in [0.2, 0.25) is 0 Å². The summed E-state index contributed by atoms with van der Waals surface area (Å²) < 4.78 is 10.9. The molecule has 0 unspecified atom stereocenters. The second kappa shape index (κ2) is 9.97. The molecule has 0 aliphatic carbocycles. The molecule has 1 amide bonds. The first-order valence-electron chi connectivity index (χ1n) is 11.0. The minimum Gasteiger partial charge on any atom is -0.507 e. The molecule has 7 nitrogen and oxygen atoms in total. The van der Waals surface area contributed by atoms with E-state index in [0.29, 0.717) is 44.2 Å². The molecule has 4 rings (SSSR count). The van der Waals surface area contributed by atoms with Crippen LogP contribution in [0.1, 0.15) is 24.1 Å². The molecule has 2 aromatic carbocycles. The van der Waals surface area contributed by atoms with Crippen LogP contribution in [0.4, 0.5) is 0 Å². The van der Waals surface area contributed by atoms with Gasteiger partial charge in [0.25, 0.3) is 11.7 Å². The SMILES string of the molecule is CCOc1ccc([C@@H]2C(=C(O)c3ccccc3)C(=O)C(=O)N2CCN2CCOCC2)cc1. The highest BCUT2D eigenvalue weighted by Crippen LogP contribution is 2.39. The number of morpholine rings is 1. The van der Waals surface area contributed by atoms with Crippen molar-refractivity contribution in [1.82, 2.24) is 9.80 Å². The number of ketones is 1. The zero-order valence-corrected chi connectivity index (χ0v) is 18.2. The highest BCUT2D eigenvalue weighted by Gasteiger charge is 2.46. The molecule has 2 aliphatic rings. The Bertz CT molecular complexity index is 981. The van der Waals surface area contributed by atoms with E-state index in [2.05, 4.69) is 4.90 Å². The van der Waals surface area contributed by atoms with E-state index in [1.165, 1.54) is 0 Å². The number of carbonyl (C=O) groups is 2. The summed E-state index contributed by atoms with van der Waals surface area (Å²) in [6, 6.07) is 15.5. The number of nitrogens with zero attached hydrogens (tertiary/aromatic N) is 2. The zero-order valence-electron chi connectivity index (χ0n) is 18.2. The lowest BCUT2D eigenvalue weighted by atomic mass is 9.95. The number of likely N-dealkylation sites (tertiary alicyclic amines) is 1. The van der Waals surface area contributed by atoms with Crippen molar-refractivity contribution in [3.05, 3.63) is 71.3 Å². The standard InChI is InChI=1S/C25H28N2O5/c1-2-32-20-10-8-18(9-11-20)22-21(23(28)19-6-4-3-5-7-19)24(29)25(30)27(22)13-12-26-14-16-31-17-15-26/h3-11,22,28H,2,12-17H2,1H3/t22-/m1/s1. The van der Waals surface area contributed by atoms with Gasteiger partial charge >= 0.3 is 0 Å². The molecule has 2 fully saturated rings. The molecule has 0 bridgehead atoms. The van der Waals surface area contributed by atoms with Crippen molar-refractivity contribution >= 4 is 17.4 Å². The second-order valence-electron chi connectivity index (χ2n) is 7.81. The molecule has 32 heavy (non-hydrogen) atoms. The van der Waals surface area contributed by atoms with Crippen molar-refractivity contribution in [3.63, 3.8) is 0 Å². The van der Waals surface area contributed by atoms with Crippen molar-refractivity contribution in [2.45, 2.75) is 13.0 Å². The predicted molar refractivity (Wildman–Crippen MR) is 120 cm³/mol. The summed E-state index contributed by atoms with van der Waals surface area (Å²) in [5, 5.41) is 11.0. The minimum atomic E-state index is -0.660. The first-order valence-corrected chi connectivity index (χ1v) is 11.0. The molecule has 1 N–H and O–H groups in total. The van der Waals surface area contributed by atoms with Gasteiger partial charge in [0.05, 0.1) is 31.4 Å². The summed E-state index contributed by atoms with van der Waals surface area (Å²) in [4.78, 5) is 29.9. The van der Waals surface area contributed by atoms with Crippen LogP contribution in [-0.2, 0) is 14.3 Å². The van der Waals surface area contributed by atoms with Gasteiger partial charge in [0, 0.05) is 31.7 Å². The van der Waals surface area contributed by atoms with Gasteiger partial charge in [0.2, 0.25) is 0 Å². The maximum absolute atomic E-state index is 13.1. The third kappa shape index (κ3) is 4.54. The van der Waals surface area contributed by atoms with Crippen molar-refractivity contribution in [2.24, 2.45) is 0 Å². The van der Waals surface area contributed by atoms with Crippen molar-refractivity contribution in [3.8, 4) is 5.75 Å². The fourth-order valence-electron chi connectivity index (χ4n) is 4.20. The average molecular weight is 437 g/mol. The van der Waals surface area contributed by atoms with Crippen molar-refractivity contribution in [1.29, 1.82) is 0 Å². The number of hydrogen-bond acceptors (Lipinski definition) is 6. The number of Topliss-reactive ketones (excluding diaryl/α,β-unsaturated/α-hetero) is 1. The van der Waals surface area contributed by atoms with Gasteiger partial charge in [0.1, 0.15) is 11.5 Å². The summed E-state index contributed by atoms with van der Waals surface area (Å²) in [7, 11) is 0. The fraction of sp³-hybridized carbons (Fsp3) is 0.360. The lowest BCUT2D eigenvalue weighted by Crippen LogP contribution is -2.42. The largest absolute Gasteiger partial charge is 0.507 e. The average Bonchev–Trinajstić information content (AvgIpc) is 3.09. The summed E-state index contributed by atoms with van der Waals surface area (Å²) in [5.74, 6) is -0.692. The number of aliphatic hydroxyl groups excluding tert-OH is 1. The van der Waals surface area contributed by atoms with Gasteiger partial charge in [-0.2, -0.15) is 0 Å². The van der Waals surface area contributed by atoms with Crippen LogP contribution in [0.25, 0.3) is 5.76 Å². The number of rotatable bonds is 7. The van der Waals surface area contributed by atoms with E-state index in [0.717, 1.165) is 18.7 Å². The molecule has 0 spiro atoms. The van der Waals surface area contributed by atoms with E-state index in [-0.39, 0.29) is 11.3 Å². The second-order valence-corrected chi connectivity index (χ2v) is 7.81. The Hall–Kier alpha value is -3.16. The third-order valence-corrected chi connectivity index (χ3v) is 5.85. The maximum atomic E-state index is 13.1. The van der Waals surface area contributed by atoms with Gasteiger partial charge in [-0.1, -0.05) is 42.5 Å². The highest BCUT2D eigenvalue weighted by molar-refractivity contribution is 6.46. The summed E-state index contributed by atoms with van der Waals surface area (Å²) in [6.07, 6.45) is 0. The number of benzene rings is 2. The number of hydrogen-bond donors (Lipinski definition) is 1. The zero-order chi connectivity index (χ0) is 22.5. The Morgan fingerprint density at radius 3 is 2.38 bits per heavy atom. The number of carbonyl (C=O) groups excluding carboxylic acids is 2. The van der Waals surface area contributed by atoms with Crippen LogP contribution in [0.3, 0.4) is 0 Å². The summed E-state index contributed by atoms with van der Waals surface area (Å²) >= 11 is 0. The normalized spacial score (nSPS) is 21.2. The molecule has 2 aromatic rings. The van der Waals surface area contributed by atoms with Crippen LogP contribution >= 0.6 is 0 Å². The Morgan fingerprint density at radius 2 is 1.72 bits per heavy atom. The predicted octanol–water partition coefficient (Wildman–Crippen LogP) is 2.84. The number of ether oxygens (including phenoxy) is 2. The quantitative estimate of drug-likeness (QED) is 0.409. The van der Waals surface area contributed by atoms with Gasteiger partial charge in [-0.25, -0.2) is 0 Å². The Labute approximate surface area is 187 Å². The molecular formula is C25H28N2O5. The lowest BCUT2D eigenvalue weighted by Gasteiger charge is -2.31. The van der Waals surface area contributed by atoms with Crippen LogP contribution in [0.5, 0.6) is 5.75 Å². The first kappa shape index (κ1) is 22.0. The van der Waals surface area contributed by atoms with Crippen molar-refractivity contribution in [2.75, 3.05) is 46.0 Å². The molecule has 7 heteroatoms. The van der Waals surface area contributed by atoms with Gasteiger partial charge in [0.15, 0.2) is 0 Å².